The molecule has 0 aliphatic heterocycles. The van der Waals surface area contributed by atoms with Gasteiger partial charge in [0.2, 0.25) is 0 Å². The van der Waals surface area contributed by atoms with Gasteiger partial charge in [-0.1, -0.05) is 39.1 Å². The maximum absolute atomic E-state index is 10.5. The molecule has 0 radical (unpaired) electrons. The summed E-state index contributed by atoms with van der Waals surface area (Å²) in [5.74, 6) is 0. The molecule has 5 nitrogen and oxygen atoms in total. The van der Waals surface area contributed by atoms with Crippen LogP contribution in [-0.4, -0.2) is 15.0 Å². The second-order valence-electron chi connectivity index (χ2n) is 6.08. The molecule has 0 aliphatic carbocycles. The normalized spacial score (nSPS) is 7.76. The number of pyridine rings is 4. The van der Waals surface area contributed by atoms with E-state index in [9.17, 15) is 5.21 Å². The molecule has 0 fully saturated rings. The minimum absolute atomic E-state index is 0. The van der Waals surface area contributed by atoms with E-state index >= 15 is 0 Å². The molecule has 0 atom stereocenters. The van der Waals surface area contributed by atoms with E-state index in [1.807, 2.05) is 81.4 Å². The van der Waals surface area contributed by atoms with E-state index < -0.39 is 0 Å². The first-order valence-corrected chi connectivity index (χ1v) is 9.26. The van der Waals surface area contributed by atoms with Gasteiger partial charge in [0.25, 0.3) is 0 Å². The first kappa shape index (κ1) is 37.4. The van der Waals surface area contributed by atoms with Crippen LogP contribution in [0.15, 0.2) is 97.6 Å². The van der Waals surface area contributed by atoms with E-state index in [1.165, 1.54) is 6.20 Å². The van der Waals surface area contributed by atoms with Gasteiger partial charge in [0.05, 0.1) is 0 Å². The van der Waals surface area contributed by atoms with Crippen LogP contribution in [0.2, 0.25) is 0 Å². The van der Waals surface area contributed by atoms with Crippen LogP contribution in [-0.2, 0) is 20.4 Å². The van der Waals surface area contributed by atoms with Gasteiger partial charge in [-0.05, 0) is 57.2 Å². The van der Waals surface area contributed by atoms with Gasteiger partial charge < -0.3 is 12.6 Å². The Kier molecular flexibility index (Phi) is 26.9. The zero-order valence-electron chi connectivity index (χ0n) is 18.8. The number of aryl methyl sites for hydroxylation is 4. The zero-order chi connectivity index (χ0) is 21.3. The predicted octanol–water partition coefficient (Wildman–Crippen LogP) is 6.52. The van der Waals surface area contributed by atoms with Gasteiger partial charge >= 0.3 is 0 Å². The SMILES string of the molecule is C.C.Cc1cccc[n+]1[O-].Cc1ccccn1.Cc1ccccn1.Cc1ccccn1.[CH3-].[Pd]. The van der Waals surface area contributed by atoms with Crippen molar-refractivity contribution in [3.63, 3.8) is 0 Å². The molecule has 4 rings (SSSR count). The Labute approximate surface area is 215 Å². The van der Waals surface area contributed by atoms with Crippen LogP contribution >= 0.6 is 0 Å². The molecule has 6 heteroatoms. The fraction of sp³-hybridized carbons (Fsp3) is 0.222. The van der Waals surface area contributed by atoms with E-state index in [0.717, 1.165) is 27.5 Å². The van der Waals surface area contributed by atoms with Gasteiger partial charge in [-0.25, -0.2) is 0 Å². The summed E-state index contributed by atoms with van der Waals surface area (Å²) in [5, 5.41) is 10.5. The summed E-state index contributed by atoms with van der Waals surface area (Å²) in [4.78, 5) is 11.9. The molecular formula is C27H39N4OPd-. The second kappa shape index (κ2) is 23.7. The largest absolute Gasteiger partial charge is 0.619 e. The summed E-state index contributed by atoms with van der Waals surface area (Å²) in [6.45, 7) is 7.69. The Morgan fingerprint density at radius 3 is 1.06 bits per heavy atom. The van der Waals surface area contributed by atoms with E-state index in [4.69, 9.17) is 0 Å². The van der Waals surface area contributed by atoms with Gasteiger partial charge in [-0.2, -0.15) is 4.73 Å². The summed E-state index contributed by atoms with van der Waals surface area (Å²) in [5.41, 5.74) is 3.94. The Bertz CT molecular complexity index is 798. The Hall–Kier alpha value is -2.94. The van der Waals surface area contributed by atoms with Crippen molar-refractivity contribution in [2.75, 3.05) is 0 Å². The van der Waals surface area contributed by atoms with Crippen molar-refractivity contribution >= 4 is 0 Å². The van der Waals surface area contributed by atoms with E-state index in [2.05, 4.69) is 15.0 Å². The van der Waals surface area contributed by atoms with Crippen molar-refractivity contribution in [1.29, 1.82) is 0 Å². The molecule has 0 saturated heterocycles. The average Bonchev–Trinajstić information content (AvgIpc) is 2.73. The summed E-state index contributed by atoms with van der Waals surface area (Å²) in [6.07, 6.45) is 6.84. The minimum atomic E-state index is 0. The van der Waals surface area contributed by atoms with Crippen LogP contribution < -0.4 is 4.73 Å². The monoisotopic (exact) mass is 541 g/mol. The van der Waals surface area contributed by atoms with Gasteiger partial charge in [0, 0.05) is 75.2 Å². The van der Waals surface area contributed by atoms with Crippen LogP contribution in [0.5, 0.6) is 0 Å². The van der Waals surface area contributed by atoms with E-state index in [-0.39, 0.29) is 42.7 Å². The smallest absolute Gasteiger partial charge is 0.189 e. The van der Waals surface area contributed by atoms with Gasteiger partial charge in [-0.3, -0.25) is 15.0 Å². The Morgan fingerprint density at radius 1 is 0.576 bits per heavy atom. The molecule has 184 valence electrons. The third-order valence-electron chi connectivity index (χ3n) is 3.46. The maximum Gasteiger partial charge on any atom is 0.189 e. The molecule has 4 aromatic heterocycles. The second-order valence-corrected chi connectivity index (χ2v) is 6.08. The van der Waals surface area contributed by atoms with Crippen molar-refractivity contribution in [2.45, 2.75) is 42.5 Å². The third-order valence-corrected chi connectivity index (χ3v) is 3.46. The molecule has 33 heavy (non-hydrogen) atoms. The predicted molar refractivity (Wildman–Crippen MR) is 137 cm³/mol. The summed E-state index contributed by atoms with van der Waals surface area (Å²) in [6, 6.07) is 22.9. The Morgan fingerprint density at radius 2 is 0.909 bits per heavy atom. The van der Waals surface area contributed by atoms with Crippen molar-refractivity contribution in [3.05, 3.63) is 133 Å². The quantitative estimate of drug-likeness (QED) is 0.110. The topological polar surface area (TPSA) is 65.6 Å². The standard InChI is InChI=1S/C6H7NO.3C6H7N.2CH4.CH3.Pd/c1-6-4-2-3-5-7(6)8;3*1-6-4-2-3-5-7-6;;;;/h2-5H,1H3;3*2-5H,1H3;2*1H4;1H3;/q;;;;;;-1;. The molecule has 0 amide bonds. The van der Waals surface area contributed by atoms with E-state index in [0.29, 0.717) is 0 Å². The number of nitrogens with zero attached hydrogens (tertiary/aromatic N) is 4. The van der Waals surface area contributed by atoms with Crippen LogP contribution in [0.1, 0.15) is 37.6 Å². The molecular weight excluding hydrogens is 503 g/mol. The number of hydrogen-bond donors (Lipinski definition) is 0. The van der Waals surface area contributed by atoms with Crippen LogP contribution in [0.3, 0.4) is 0 Å². The molecule has 4 aromatic rings. The summed E-state index contributed by atoms with van der Waals surface area (Å²) >= 11 is 0. The maximum atomic E-state index is 10.5. The molecule has 4 heterocycles. The number of aromatic nitrogens is 4. The van der Waals surface area contributed by atoms with Crippen LogP contribution in [0.25, 0.3) is 0 Å². The summed E-state index contributed by atoms with van der Waals surface area (Å²) in [7, 11) is 0. The first-order valence-electron chi connectivity index (χ1n) is 9.26. The average molecular weight is 542 g/mol. The van der Waals surface area contributed by atoms with E-state index in [1.54, 1.807) is 37.6 Å². The molecule has 0 aliphatic rings. The number of hydrogen-bond acceptors (Lipinski definition) is 4. The van der Waals surface area contributed by atoms with Crippen LogP contribution in [0.4, 0.5) is 0 Å². The van der Waals surface area contributed by atoms with Gasteiger partial charge in [0.15, 0.2) is 11.9 Å². The first-order chi connectivity index (χ1) is 14.0. The van der Waals surface area contributed by atoms with Gasteiger partial charge in [0.1, 0.15) is 0 Å². The molecule has 0 aromatic carbocycles. The molecule has 0 N–H and O–H groups in total. The van der Waals surface area contributed by atoms with Crippen molar-refractivity contribution in [3.8, 4) is 0 Å². The fourth-order valence-corrected chi connectivity index (χ4v) is 1.86. The summed E-state index contributed by atoms with van der Waals surface area (Å²) < 4.78 is 0.833. The zero-order valence-corrected chi connectivity index (χ0v) is 20.3. The molecule has 0 saturated carbocycles. The minimum Gasteiger partial charge on any atom is -0.619 e. The third kappa shape index (κ3) is 20.7. The van der Waals surface area contributed by atoms with Gasteiger partial charge in [-0.15, -0.1) is 0 Å². The molecule has 0 unspecified atom stereocenters. The Balaban J connectivity index is -0.000000164. The molecule has 0 spiro atoms. The fourth-order valence-electron chi connectivity index (χ4n) is 1.86. The molecule has 0 bridgehead atoms. The van der Waals surface area contributed by atoms with Crippen molar-refractivity contribution < 1.29 is 25.2 Å². The number of rotatable bonds is 0. The van der Waals surface area contributed by atoms with Crippen molar-refractivity contribution in [2.24, 2.45) is 0 Å². The van der Waals surface area contributed by atoms with Crippen LogP contribution in [0, 0.1) is 40.3 Å². The van der Waals surface area contributed by atoms with Crippen molar-refractivity contribution in [1.82, 2.24) is 15.0 Å².